The third-order valence-corrected chi connectivity index (χ3v) is 5.12. The second-order valence-electron chi connectivity index (χ2n) is 7.32. The van der Waals surface area contributed by atoms with Crippen LogP contribution in [0, 0.1) is 0 Å². The summed E-state index contributed by atoms with van der Waals surface area (Å²) < 4.78 is 42.3. The minimum Gasteiger partial charge on any atom is -0.759 e. The maximum atomic E-state index is 8.52. The Hall–Kier alpha value is -1.10. The average molecular weight is 496 g/mol. The number of nitrogens with zero attached hydrogens (tertiary/aromatic N) is 1. The molecule has 8 heteroatoms. The largest absolute Gasteiger partial charge is 1.00 e. The summed E-state index contributed by atoms with van der Waals surface area (Å²) in [4.78, 5) is 0. The molecule has 0 saturated heterocycles. The second kappa shape index (κ2) is 14.3. The minimum absolute atomic E-state index is 0. The number of ether oxygens (including phenoxy) is 1. The van der Waals surface area contributed by atoms with Crippen molar-refractivity contribution in [2.45, 2.75) is 46.6 Å². The second-order valence-corrected chi connectivity index (χ2v) is 8.14. The van der Waals surface area contributed by atoms with Gasteiger partial charge in [-0.05, 0) is 42.0 Å². The van der Waals surface area contributed by atoms with Crippen LogP contribution in [0.3, 0.4) is 0 Å². The molecule has 6 nitrogen and oxygen atoms in total. The van der Waals surface area contributed by atoms with E-state index in [1.54, 1.807) is 7.11 Å². The Morgan fingerprint density at radius 3 is 2.12 bits per heavy atom. The maximum absolute atomic E-state index is 8.52. The molecule has 0 saturated carbocycles. The van der Waals surface area contributed by atoms with Crippen molar-refractivity contribution in [2.24, 2.45) is 0 Å². The normalized spacial score (nSPS) is 10.6. The van der Waals surface area contributed by atoms with E-state index in [1.165, 1.54) is 27.8 Å². The molecule has 172 valence electrons. The Morgan fingerprint density at radius 1 is 0.909 bits per heavy atom. The summed E-state index contributed by atoms with van der Waals surface area (Å²) in [6.45, 7) is 7.53. The molecule has 0 amide bonds. The number of aryl methyl sites for hydroxylation is 3. The van der Waals surface area contributed by atoms with Crippen molar-refractivity contribution in [3.63, 3.8) is 0 Å². The van der Waals surface area contributed by atoms with Crippen LogP contribution in [-0.4, -0.2) is 24.6 Å². The summed E-state index contributed by atoms with van der Waals surface area (Å²) in [6.07, 6.45) is 7.66. The summed E-state index contributed by atoms with van der Waals surface area (Å²) in [5.41, 5.74) is 7.52. The summed E-state index contributed by atoms with van der Waals surface area (Å²) in [5.74, 6) is 0.955. The Kier molecular flexibility index (Phi) is 13.0. The van der Waals surface area contributed by atoms with Crippen molar-refractivity contribution in [1.29, 1.82) is 0 Å². The van der Waals surface area contributed by atoms with E-state index in [1.807, 2.05) is 0 Å². The first-order chi connectivity index (χ1) is 15.2. The molecule has 1 aromatic heterocycles. The van der Waals surface area contributed by atoms with Gasteiger partial charge in [0.2, 0.25) is 0 Å². The molecule has 33 heavy (non-hydrogen) atoms. The van der Waals surface area contributed by atoms with E-state index in [9.17, 15) is 0 Å². The van der Waals surface area contributed by atoms with Crippen LogP contribution in [0.1, 0.15) is 38.3 Å². The van der Waals surface area contributed by atoms with Gasteiger partial charge in [0.1, 0.15) is 12.3 Å². The molecular weight excluding hydrogens is 465 g/mol. The fourth-order valence-electron chi connectivity index (χ4n) is 3.66. The van der Waals surface area contributed by atoms with Crippen molar-refractivity contribution in [3.05, 3.63) is 72.1 Å². The maximum Gasteiger partial charge on any atom is 1.00 e. The fraction of sp³-hybridized carbons (Fsp3) is 0.320. The van der Waals surface area contributed by atoms with Gasteiger partial charge in [0, 0.05) is 10.4 Å². The van der Waals surface area contributed by atoms with Gasteiger partial charge in [-0.15, -0.1) is 0 Å². The fourth-order valence-corrected chi connectivity index (χ4v) is 3.66. The van der Waals surface area contributed by atoms with Crippen molar-refractivity contribution in [1.82, 2.24) is 0 Å². The van der Waals surface area contributed by atoms with E-state index in [4.69, 9.17) is 22.3 Å². The first-order valence-electron chi connectivity index (χ1n) is 10.7. The topological polar surface area (TPSA) is 93.4 Å². The van der Waals surface area contributed by atoms with Gasteiger partial charge in [0.05, 0.1) is 18.2 Å². The molecule has 3 rings (SSSR count). The van der Waals surface area contributed by atoms with Crippen LogP contribution in [0.15, 0.2) is 60.9 Å². The number of hydrogen-bond donors (Lipinski definition) is 0. The van der Waals surface area contributed by atoms with Crippen molar-refractivity contribution >= 4 is 10.4 Å². The van der Waals surface area contributed by atoms with Crippen LogP contribution in [0.4, 0.5) is 0 Å². The third-order valence-electron chi connectivity index (χ3n) is 5.12. The zero-order chi connectivity index (χ0) is 23.7. The molecule has 0 bridgehead atoms. The van der Waals surface area contributed by atoms with Crippen LogP contribution < -0.4 is 60.7 Å². The SMILES string of the molecule is CCCc1ccccc1-c1c[n+](CC)cc(-c2cccc(CC)c2)c1OC.O=S(=O)([O-])[O-].[K+]. The molecule has 0 radical (unpaired) electrons. The number of rotatable bonds is 7. The van der Waals surface area contributed by atoms with E-state index in [0.29, 0.717) is 0 Å². The quantitative estimate of drug-likeness (QED) is 0.214. The Balaban J connectivity index is 0.000000821. The van der Waals surface area contributed by atoms with Crippen LogP contribution in [0.25, 0.3) is 22.3 Å². The Labute approximate surface area is 240 Å². The predicted octanol–water partition coefficient (Wildman–Crippen LogP) is 1.52. The van der Waals surface area contributed by atoms with Gasteiger partial charge in [-0.1, -0.05) is 68.8 Å². The molecule has 2 aromatic carbocycles. The number of pyridine rings is 1. The zero-order valence-corrected chi connectivity index (χ0v) is 23.9. The average Bonchev–Trinajstić information content (AvgIpc) is 2.77. The van der Waals surface area contributed by atoms with Crippen LogP contribution >= 0.6 is 0 Å². The number of aromatic nitrogens is 1. The van der Waals surface area contributed by atoms with Crippen molar-refractivity contribution in [2.75, 3.05) is 7.11 Å². The third kappa shape index (κ3) is 9.22. The molecule has 0 aliphatic heterocycles. The van der Waals surface area contributed by atoms with Crippen LogP contribution in [0.5, 0.6) is 5.75 Å². The van der Waals surface area contributed by atoms with Crippen molar-refractivity contribution in [3.8, 4) is 28.0 Å². The van der Waals surface area contributed by atoms with E-state index >= 15 is 0 Å². The van der Waals surface area contributed by atoms with Gasteiger partial charge in [-0.2, -0.15) is 0 Å². The van der Waals surface area contributed by atoms with E-state index in [-0.39, 0.29) is 51.4 Å². The van der Waals surface area contributed by atoms with Gasteiger partial charge < -0.3 is 13.8 Å². The summed E-state index contributed by atoms with van der Waals surface area (Å²) in [5, 5.41) is 0. The van der Waals surface area contributed by atoms with Gasteiger partial charge in [0.15, 0.2) is 12.4 Å². The molecule has 3 aromatic rings. The molecule has 0 atom stereocenters. The smallest absolute Gasteiger partial charge is 0.759 e. The van der Waals surface area contributed by atoms with E-state index in [0.717, 1.165) is 37.1 Å². The van der Waals surface area contributed by atoms with Crippen LogP contribution in [0.2, 0.25) is 0 Å². The molecule has 1 heterocycles. The molecule has 0 spiro atoms. The number of benzene rings is 2. The monoisotopic (exact) mass is 495 g/mol. The van der Waals surface area contributed by atoms with Crippen molar-refractivity contribution < 1.29 is 78.2 Å². The summed E-state index contributed by atoms with van der Waals surface area (Å²) >= 11 is 0. The summed E-state index contributed by atoms with van der Waals surface area (Å²) in [7, 11) is -3.38. The van der Waals surface area contributed by atoms with E-state index < -0.39 is 10.4 Å². The molecule has 0 N–H and O–H groups in total. The molecule has 0 aliphatic carbocycles. The van der Waals surface area contributed by atoms with Crippen LogP contribution in [-0.2, 0) is 29.8 Å². The van der Waals surface area contributed by atoms with Gasteiger partial charge in [0.25, 0.3) is 0 Å². The molecule has 0 fully saturated rings. The van der Waals surface area contributed by atoms with E-state index in [2.05, 4.69) is 86.3 Å². The predicted molar refractivity (Wildman–Crippen MR) is 124 cm³/mol. The summed E-state index contributed by atoms with van der Waals surface area (Å²) in [6, 6.07) is 17.5. The van der Waals surface area contributed by atoms with Gasteiger partial charge >= 0.3 is 51.4 Å². The first-order valence-corrected chi connectivity index (χ1v) is 12.0. The molecular formula is C25H30KNO5S. The van der Waals surface area contributed by atoms with Gasteiger partial charge in [-0.25, -0.2) is 4.57 Å². The minimum atomic E-state index is -5.17. The molecule has 0 unspecified atom stereocenters. The Bertz CT molecular complexity index is 1140. The Morgan fingerprint density at radius 2 is 1.55 bits per heavy atom. The number of methoxy groups -OCH3 is 1. The zero-order valence-electron chi connectivity index (χ0n) is 20.0. The molecule has 0 aliphatic rings. The number of hydrogen-bond acceptors (Lipinski definition) is 5. The first kappa shape index (κ1) is 29.9. The van der Waals surface area contributed by atoms with Gasteiger partial charge in [-0.3, -0.25) is 8.42 Å². The standard InChI is InChI=1S/C25H30NO.K.H2O4S/c1-5-11-20-13-8-9-15-22(20)24-18-26(7-3)17-23(25(24)27-4)21-14-10-12-19(6-2)16-21;;1-5(2,3)4/h8-10,12-18H,5-7,11H2,1-4H3;;(H2,1,2,3,4)/q2*+1;/p-2.